The van der Waals surface area contributed by atoms with E-state index in [-0.39, 0.29) is 22.7 Å². The van der Waals surface area contributed by atoms with Crippen LogP contribution in [0.4, 0.5) is 10.2 Å². The van der Waals surface area contributed by atoms with Crippen LogP contribution in [0.5, 0.6) is 5.75 Å². The number of rotatable bonds is 3. The summed E-state index contributed by atoms with van der Waals surface area (Å²) in [5.41, 5.74) is 6.84. The summed E-state index contributed by atoms with van der Waals surface area (Å²) < 4.78 is 14.6. The summed E-state index contributed by atoms with van der Waals surface area (Å²) in [6.45, 7) is 1.56. The zero-order chi connectivity index (χ0) is 18.1. The first-order valence-electron chi connectivity index (χ1n) is 7.50. The normalized spacial score (nSPS) is 10.6. The number of aromatic hydroxyl groups is 1. The van der Waals surface area contributed by atoms with E-state index < -0.39 is 17.2 Å². The summed E-state index contributed by atoms with van der Waals surface area (Å²) >= 11 is 0. The molecule has 25 heavy (non-hydrogen) atoms. The number of phenols is 1. The first-order valence-corrected chi connectivity index (χ1v) is 7.50. The van der Waals surface area contributed by atoms with Gasteiger partial charge < -0.3 is 10.8 Å². The van der Waals surface area contributed by atoms with Crippen LogP contribution < -0.4 is 11.3 Å². The van der Waals surface area contributed by atoms with Gasteiger partial charge in [-0.2, -0.15) is 0 Å². The van der Waals surface area contributed by atoms with Crippen LogP contribution >= 0.6 is 0 Å². The maximum Gasteiger partial charge on any atom is 0.256 e. The molecule has 0 aliphatic carbocycles. The van der Waals surface area contributed by atoms with Crippen molar-refractivity contribution in [2.24, 2.45) is 0 Å². The van der Waals surface area contributed by atoms with Crippen molar-refractivity contribution in [3.63, 3.8) is 0 Å². The average molecular weight is 338 g/mol. The fourth-order valence-corrected chi connectivity index (χ4v) is 2.56. The molecule has 1 heterocycles. The number of benzene rings is 2. The molecule has 0 bridgehead atoms. The molecule has 6 heteroatoms. The monoisotopic (exact) mass is 338 g/mol. The molecule has 3 aromatic rings. The Balaban J connectivity index is 2.13. The molecule has 0 saturated carbocycles. The number of hydrogen-bond acceptors (Lipinski definition) is 4. The fraction of sp³-hybridized carbons (Fsp3) is 0.0526. The van der Waals surface area contributed by atoms with E-state index in [4.69, 9.17) is 5.73 Å². The second-order valence-corrected chi connectivity index (χ2v) is 5.62. The Bertz CT molecular complexity index is 1020. The lowest BCUT2D eigenvalue weighted by Gasteiger charge is -2.13. The van der Waals surface area contributed by atoms with E-state index in [1.54, 1.807) is 6.92 Å². The summed E-state index contributed by atoms with van der Waals surface area (Å²) in [5, 5.41) is 9.38. The van der Waals surface area contributed by atoms with Crippen LogP contribution in [0.25, 0.3) is 5.69 Å². The van der Waals surface area contributed by atoms with Crippen molar-refractivity contribution in [3.8, 4) is 11.4 Å². The standard InChI is InChI=1S/C19H15FN2O3/c1-11-10-12(2-8-16(11)20)18(25)15-7-9-17(24)22(19(15)21)13-3-5-14(23)6-4-13/h2-10,23H,21H2,1H3. The molecule has 0 spiro atoms. The molecule has 0 unspecified atom stereocenters. The van der Waals surface area contributed by atoms with Crippen molar-refractivity contribution in [2.45, 2.75) is 6.92 Å². The van der Waals surface area contributed by atoms with E-state index >= 15 is 0 Å². The molecule has 2 aromatic carbocycles. The summed E-state index contributed by atoms with van der Waals surface area (Å²) in [4.78, 5) is 24.9. The largest absolute Gasteiger partial charge is 0.508 e. The number of nitrogens with two attached hydrogens (primary N) is 1. The number of phenolic OH excluding ortho intramolecular Hbond substituents is 1. The topological polar surface area (TPSA) is 85.3 Å². The van der Waals surface area contributed by atoms with Crippen molar-refractivity contribution in [1.29, 1.82) is 0 Å². The van der Waals surface area contributed by atoms with Crippen LogP contribution in [-0.2, 0) is 0 Å². The Kier molecular flexibility index (Phi) is 4.10. The number of aromatic nitrogens is 1. The van der Waals surface area contributed by atoms with E-state index in [1.807, 2.05) is 0 Å². The van der Waals surface area contributed by atoms with Gasteiger partial charge in [-0.25, -0.2) is 4.39 Å². The predicted octanol–water partition coefficient (Wildman–Crippen LogP) is 2.80. The van der Waals surface area contributed by atoms with Crippen LogP contribution in [0.2, 0.25) is 0 Å². The highest BCUT2D eigenvalue weighted by molar-refractivity contribution is 6.11. The molecule has 0 aliphatic heterocycles. The molecule has 0 saturated heterocycles. The van der Waals surface area contributed by atoms with Gasteiger partial charge in [0.05, 0.1) is 11.3 Å². The molecule has 0 radical (unpaired) electrons. The van der Waals surface area contributed by atoms with Crippen LogP contribution in [-0.4, -0.2) is 15.5 Å². The summed E-state index contributed by atoms with van der Waals surface area (Å²) in [7, 11) is 0. The minimum Gasteiger partial charge on any atom is -0.508 e. The van der Waals surface area contributed by atoms with Crippen molar-refractivity contribution < 1.29 is 14.3 Å². The molecule has 0 atom stereocenters. The van der Waals surface area contributed by atoms with Gasteiger partial charge in [0.15, 0.2) is 5.78 Å². The Labute approximate surface area is 142 Å². The highest BCUT2D eigenvalue weighted by Crippen LogP contribution is 2.21. The van der Waals surface area contributed by atoms with Crippen molar-refractivity contribution in [1.82, 2.24) is 4.57 Å². The molecule has 3 rings (SSSR count). The lowest BCUT2D eigenvalue weighted by Crippen LogP contribution is -2.23. The summed E-state index contributed by atoms with van der Waals surface area (Å²) in [6.07, 6.45) is 0. The van der Waals surface area contributed by atoms with Crippen molar-refractivity contribution in [2.75, 3.05) is 5.73 Å². The SMILES string of the molecule is Cc1cc(C(=O)c2ccc(=O)n(-c3ccc(O)cc3)c2N)ccc1F. The molecule has 5 nitrogen and oxygen atoms in total. The molecule has 1 aromatic heterocycles. The van der Waals surface area contributed by atoms with Crippen molar-refractivity contribution in [3.05, 3.63) is 87.5 Å². The number of nitrogen functional groups attached to an aromatic ring is 1. The Hall–Kier alpha value is -3.41. The van der Waals surface area contributed by atoms with E-state index in [9.17, 15) is 19.1 Å². The second kappa shape index (κ2) is 6.24. The van der Waals surface area contributed by atoms with Gasteiger partial charge in [0.1, 0.15) is 17.4 Å². The molecule has 0 aliphatic rings. The third-order valence-electron chi connectivity index (χ3n) is 3.90. The lowest BCUT2D eigenvalue weighted by molar-refractivity contribution is 0.103. The van der Waals surface area contributed by atoms with Gasteiger partial charge in [0.2, 0.25) is 0 Å². The van der Waals surface area contributed by atoms with Crippen LogP contribution in [0, 0.1) is 12.7 Å². The molecular weight excluding hydrogens is 323 g/mol. The third kappa shape index (κ3) is 3.01. The summed E-state index contributed by atoms with van der Waals surface area (Å²) in [5.74, 6) is -0.790. The van der Waals surface area contributed by atoms with Gasteiger partial charge in [-0.05, 0) is 61.0 Å². The maximum absolute atomic E-state index is 13.4. The van der Waals surface area contributed by atoms with Gasteiger partial charge in [-0.15, -0.1) is 0 Å². The van der Waals surface area contributed by atoms with E-state index in [0.717, 1.165) is 0 Å². The minimum absolute atomic E-state index is 0.0230. The van der Waals surface area contributed by atoms with Gasteiger partial charge in [0, 0.05) is 11.6 Å². The minimum atomic E-state index is -0.409. The highest BCUT2D eigenvalue weighted by Gasteiger charge is 2.17. The zero-order valence-corrected chi connectivity index (χ0v) is 13.4. The van der Waals surface area contributed by atoms with E-state index in [0.29, 0.717) is 11.3 Å². The Morgan fingerprint density at radius 1 is 1.08 bits per heavy atom. The number of aryl methyl sites for hydroxylation is 1. The first kappa shape index (κ1) is 16.4. The number of nitrogens with zero attached hydrogens (tertiary/aromatic N) is 1. The Morgan fingerprint density at radius 2 is 1.76 bits per heavy atom. The maximum atomic E-state index is 13.4. The fourth-order valence-electron chi connectivity index (χ4n) is 2.56. The molecule has 0 amide bonds. The molecule has 0 fully saturated rings. The molecular formula is C19H15FN2O3. The second-order valence-electron chi connectivity index (χ2n) is 5.62. The van der Waals surface area contributed by atoms with Crippen molar-refractivity contribution >= 4 is 11.6 Å². The number of pyridine rings is 1. The van der Waals surface area contributed by atoms with Crippen LogP contribution in [0.3, 0.4) is 0 Å². The predicted molar refractivity (Wildman–Crippen MR) is 92.7 cm³/mol. The smallest absolute Gasteiger partial charge is 0.256 e. The van der Waals surface area contributed by atoms with Crippen LogP contribution in [0.1, 0.15) is 21.5 Å². The number of carbonyl (C=O) groups excluding carboxylic acids is 1. The van der Waals surface area contributed by atoms with Gasteiger partial charge in [-0.3, -0.25) is 14.2 Å². The van der Waals surface area contributed by atoms with E-state index in [2.05, 4.69) is 0 Å². The highest BCUT2D eigenvalue weighted by atomic mass is 19.1. The lowest BCUT2D eigenvalue weighted by atomic mass is 10.0. The van der Waals surface area contributed by atoms with Gasteiger partial charge >= 0.3 is 0 Å². The third-order valence-corrected chi connectivity index (χ3v) is 3.90. The van der Waals surface area contributed by atoms with Crippen LogP contribution in [0.15, 0.2) is 59.4 Å². The molecule has 3 N–H and O–H groups in total. The van der Waals surface area contributed by atoms with Gasteiger partial charge in [0.25, 0.3) is 5.56 Å². The number of hydrogen-bond donors (Lipinski definition) is 2. The molecule has 126 valence electrons. The van der Waals surface area contributed by atoms with Gasteiger partial charge in [-0.1, -0.05) is 0 Å². The average Bonchev–Trinajstić information content (AvgIpc) is 2.58. The Morgan fingerprint density at radius 3 is 2.40 bits per heavy atom. The quantitative estimate of drug-likeness (QED) is 0.719. The van der Waals surface area contributed by atoms with E-state index in [1.165, 1.54) is 59.2 Å². The first-order chi connectivity index (χ1) is 11.9. The number of carbonyl (C=O) groups is 1. The zero-order valence-electron chi connectivity index (χ0n) is 13.4. The number of ketones is 1. The number of halogens is 1. The number of anilines is 1. The summed E-state index contributed by atoms with van der Waals surface area (Å²) in [6, 6.07) is 12.5.